The summed E-state index contributed by atoms with van der Waals surface area (Å²) in [7, 11) is 0. The Morgan fingerprint density at radius 3 is 1.23 bits per heavy atom. The third kappa shape index (κ3) is 4.86. The van der Waals surface area contributed by atoms with Gasteiger partial charge < -0.3 is 0 Å². The average Bonchev–Trinajstić information content (AvgIpc) is 3.75. The second kappa shape index (κ2) is 11.6. The summed E-state index contributed by atoms with van der Waals surface area (Å²) < 4.78 is 4.45. The molecule has 9 aromatic rings. The SMILES string of the molecule is c1ccc(-n2c(-c3ccc(-c4ccc(-c5ccc(-c6nc7ccccc7n6-c6ccccc6)cc5)nc4)cc3)nc3ccccc32)cc1. The van der Waals surface area contributed by atoms with Crippen LogP contribution >= 0.6 is 0 Å². The Kier molecular flexibility index (Phi) is 6.72. The first-order valence-corrected chi connectivity index (χ1v) is 16.0. The number of para-hydroxylation sites is 6. The van der Waals surface area contributed by atoms with E-state index >= 15 is 0 Å². The van der Waals surface area contributed by atoms with Crippen molar-refractivity contribution in [1.29, 1.82) is 0 Å². The van der Waals surface area contributed by atoms with E-state index in [0.717, 1.165) is 78.6 Å². The third-order valence-corrected chi connectivity index (χ3v) is 8.83. The molecule has 9 rings (SSSR count). The van der Waals surface area contributed by atoms with Crippen molar-refractivity contribution in [3.63, 3.8) is 0 Å². The molecule has 5 heteroatoms. The molecule has 5 nitrogen and oxygen atoms in total. The summed E-state index contributed by atoms with van der Waals surface area (Å²) in [6, 6.07) is 58.7. The topological polar surface area (TPSA) is 48.5 Å². The Morgan fingerprint density at radius 1 is 0.333 bits per heavy atom. The molecule has 3 heterocycles. The average molecular weight is 616 g/mol. The largest absolute Gasteiger partial charge is 0.292 e. The summed E-state index contributed by atoms with van der Waals surface area (Å²) in [4.78, 5) is 14.9. The number of hydrogen-bond donors (Lipinski definition) is 0. The summed E-state index contributed by atoms with van der Waals surface area (Å²) in [5.74, 6) is 1.84. The quantitative estimate of drug-likeness (QED) is 0.187. The minimum atomic E-state index is 0.917. The van der Waals surface area contributed by atoms with Gasteiger partial charge in [-0.25, -0.2) is 9.97 Å². The van der Waals surface area contributed by atoms with Crippen LogP contribution in [-0.2, 0) is 0 Å². The molecule has 0 bridgehead atoms. The molecule has 0 aliphatic heterocycles. The van der Waals surface area contributed by atoms with Gasteiger partial charge in [0.1, 0.15) is 11.6 Å². The van der Waals surface area contributed by atoms with Crippen LogP contribution in [-0.4, -0.2) is 24.1 Å². The first kappa shape index (κ1) is 27.7. The van der Waals surface area contributed by atoms with Gasteiger partial charge in [-0.15, -0.1) is 0 Å². The number of pyridine rings is 1. The maximum absolute atomic E-state index is 5.01. The van der Waals surface area contributed by atoms with Crippen molar-refractivity contribution in [2.75, 3.05) is 0 Å². The van der Waals surface area contributed by atoms with Crippen molar-refractivity contribution in [2.45, 2.75) is 0 Å². The molecular formula is C43H29N5. The van der Waals surface area contributed by atoms with E-state index in [2.05, 4.69) is 155 Å². The lowest BCUT2D eigenvalue weighted by molar-refractivity contribution is 1.10. The summed E-state index contributed by atoms with van der Waals surface area (Å²) in [5, 5.41) is 0. The molecule has 0 amide bonds. The normalized spacial score (nSPS) is 11.3. The summed E-state index contributed by atoms with van der Waals surface area (Å²) in [6.07, 6.45) is 1.95. The van der Waals surface area contributed by atoms with Crippen LogP contribution < -0.4 is 0 Å². The molecule has 0 fully saturated rings. The predicted octanol–water partition coefficient (Wildman–Crippen LogP) is 10.4. The molecule has 0 saturated carbocycles. The van der Waals surface area contributed by atoms with Crippen molar-refractivity contribution in [2.24, 2.45) is 0 Å². The van der Waals surface area contributed by atoms with Gasteiger partial charge in [0, 0.05) is 39.8 Å². The molecule has 226 valence electrons. The zero-order chi connectivity index (χ0) is 31.9. The van der Waals surface area contributed by atoms with Gasteiger partial charge >= 0.3 is 0 Å². The van der Waals surface area contributed by atoms with Gasteiger partial charge in [-0.3, -0.25) is 14.1 Å². The van der Waals surface area contributed by atoms with Crippen LogP contribution in [0.1, 0.15) is 0 Å². The minimum absolute atomic E-state index is 0.917. The van der Waals surface area contributed by atoms with E-state index < -0.39 is 0 Å². The van der Waals surface area contributed by atoms with Crippen LogP contribution in [0.3, 0.4) is 0 Å². The zero-order valence-corrected chi connectivity index (χ0v) is 26.0. The van der Waals surface area contributed by atoms with E-state index in [4.69, 9.17) is 15.0 Å². The molecule has 0 aliphatic carbocycles. The van der Waals surface area contributed by atoms with Gasteiger partial charge in [0.05, 0.1) is 27.8 Å². The second-order valence-electron chi connectivity index (χ2n) is 11.8. The summed E-state index contributed by atoms with van der Waals surface area (Å²) >= 11 is 0. The van der Waals surface area contributed by atoms with Crippen LogP contribution in [0.25, 0.3) is 78.6 Å². The maximum Gasteiger partial charge on any atom is 0.145 e. The Balaban J connectivity index is 0.996. The minimum Gasteiger partial charge on any atom is -0.292 e. The molecule has 48 heavy (non-hydrogen) atoms. The van der Waals surface area contributed by atoms with Crippen molar-refractivity contribution in [3.05, 3.63) is 176 Å². The molecule has 0 N–H and O–H groups in total. The van der Waals surface area contributed by atoms with E-state index in [0.29, 0.717) is 0 Å². The van der Waals surface area contributed by atoms with Crippen molar-refractivity contribution in [3.8, 4) is 56.5 Å². The zero-order valence-electron chi connectivity index (χ0n) is 26.0. The summed E-state index contributed by atoms with van der Waals surface area (Å²) in [6.45, 7) is 0. The van der Waals surface area contributed by atoms with Crippen molar-refractivity contribution >= 4 is 22.1 Å². The van der Waals surface area contributed by atoms with E-state index in [1.54, 1.807) is 0 Å². The number of benzene rings is 6. The van der Waals surface area contributed by atoms with Crippen molar-refractivity contribution < 1.29 is 0 Å². The van der Waals surface area contributed by atoms with Gasteiger partial charge in [0.25, 0.3) is 0 Å². The second-order valence-corrected chi connectivity index (χ2v) is 11.8. The lowest BCUT2D eigenvalue weighted by atomic mass is 10.0. The fraction of sp³-hybridized carbons (Fsp3) is 0. The summed E-state index contributed by atoms with van der Waals surface area (Å²) in [5.41, 5.74) is 12.6. The number of imidazole rings is 2. The first-order valence-electron chi connectivity index (χ1n) is 16.0. The highest BCUT2D eigenvalue weighted by molar-refractivity contribution is 5.85. The number of nitrogens with zero attached hydrogens (tertiary/aromatic N) is 5. The van der Waals surface area contributed by atoms with E-state index in [1.807, 2.05) is 30.5 Å². The smallest absolute Gasteiger partial charge is 0.145 e. The van der Waals surface area contributed by atoms with Gasteiger partial charge in [-0.2, -0.15) is 0 Å². The van der Waals surface area contributed by atoms with Crippen LogP contribution in [0.5, 0.6) is 0 Å². The Hall–Kier alpha value is -6.59. The molecule has 0 atom stereocenters. The molecule has 3 aromatic heterocycles. The molecule has 0 radical (unpaired) electrons. The molecule has 0 unspecified atom stereocenters. The number of aromatic nitrogens is 5. The molecule has 0 aliphatic rings. The van der Waals surface area contributed by atoms with Crippen LogP contribution in [0.4, 0.5) is 0 Å². The molecule has 0 saturated heterocycles. The molecular weight excluding hydrogens is 587 g/mol. The van der Waals surface area contributed by atoms with Crippen molar-refractivity contribution in [1.82, 2.24) is 24.1 Å². The first-order chi connectivity index (χ1) is 23.8. The van der Waals surface area contributed by atoms with Crippen LogP contribution in [0, 0.1) is 0 Å². The third-order valence-electron chi connectivity index (χ3n) is 8.83. The van der Waals surface area contributed by atoms with Gasteiger partial charge in [0.2, 0.25) is 0 Å². The Labute approximate surface area is 278 Å². The van der Waals surface area contributed by atoms with Crippen LogP contribution in [0.15, 0.2) is 176 Å². The van der Waals surface area contributed by atoms with Gasteiger partial charge in [-0.05, 0) is 60.2 Å². The fourth-order valence-electron chi connectivity index (χ4n) is 6.45. The lowest BCUT2D eigenvalue weighted by Crippen LogP contribution is -1.97. The highest BCUT2D eigenvalue weighted by atomic mass is 15.1. The van der Waals surface area contributed by atoms with E-state index in [-0.39, 0.29) is 0 Å². The Morgan fingerprint density at radius 2 is 0.750 bits per heavy atom. The fourth-order valence-corrected chi connectivity index (χ4v) is 6.45. The monoisotopic (exact) mass is 615 g/mol. The molecule has 6 aromatic carbocycles. The van der Waals surface area contributed by atoms with Gasteiger partial charge in [0.15, 0.2) is 0 Å². The number of fused-ring (bicyclic) bond motifs is 2. The Bertz CT molecular complexity index is 2330. The highest BCUT2D eigenvalue weighted by Crippen LogP contribution is 2.32. The standard InChI is InChI=1S/C43H29N5/c1-3-11-35(12-4-1)47-40-17-9-7-15-38(40)45-42(47)32-23-19-30(20-24-32)34-27-28-37(44-29-34)31-21-25-33(26-22-31)43-46-39-16-8-10-18-41(39)48(43)36-13-5-2-6-14-36/h1-29H. The molecule has 0 spiro atoms. The predicted molar refractivity (Wildman–Crippen MR) is 195 cm³/mol. The van der Waals surface area contributed by atoms with E-state index in [9.17, 15) is 0 Å². The van der Waals surface area contributed by atoms with E-state index in [1.165, 1.54) is 0 Å². The lowest BCUT2D eigenvalue weighted by Gasteiger charge is -2.11. The van der Waals surface area contributed by atoms with Crippen LogP contribution in [0.2, 0.25) is 0 Å². The number of hydrogen-bond acceptors (Lipinski definition) is 3. The highest BCUT2D eigenvalue weighted by Gasteiger charge is 2.16. The maximum atomic E-state index is 5.01. The number of rotatable bonds is 6. The van der Waals surface area contributed by atoms with Gasteiger partial charge in [-0.1, -0.05) is 115 Å².